The molecule has 2 aromatic rings. The molecular weight excluding hydrogens is 224 g/mol. The SMILES string of the molecule is Cc1cc(N(C)CCc2ccccc2)nc(N)n1. The highest BCUT2D eigenvalue weighted by Gasteiger charge is 2.05. The van der Waals surface area contributed by atoms with Crippen molar-refractivity contribution >= 4 is 11.8 Å². The van der Waals surface area contributed by atoms with Crippen molar-refractivity contribution in [2.45, 2.75) is 13.3 Å². The number of anilines is 2. The molecule has 0 aliphatic heterocycles. The van der Waals surface area contributed by atoms with Crippen LogP contribution in [0.1, 0.15) is 11.3 Å². The molecule has 4 heteroatoms. The third-order valence-electron chi connectivity index (χ3n) is 2.83. The van der Waals surface area contributed by atoms with Crippen molar-refractivity contribution in [2.75, 3.05) is 24.2 Å². The topological polar surface area (TPSA) is 55.0 Å². The number of likely N-dealkylation sites (N-methyl/N-ethyl adjacent to an activating group) is 1. The van der Waals surface area contributed by atoms with E-state index >= 15 is 0 Å². The Hall–Kier alpha value is -2.10. The number of benzene rings is 1. The number of rotatable bonds is 4. The third kappa shape index (κ3) is 3.20. The molecule has 1 heterocycles. The lowest BCUT2D eigenvalue weighted by molar-refractivity contribution is 0.855. The number of nitrogens with two attached hydrogens (primary N) is 1. The Morgan fingerprint density at radius 3 is 2.56 bits per heavy atom. The molecule has 0 bridgehead atoms. The largest absolute Gasteiger partial charge is 0.368 e. The minimum absolute atomic E-state index is 0.330. The maximum atomic E-state index is 5.66. The van der Waals surface area contributed by atoms with E-state index in [9.17, 15) is 0 Å². The van der Waals surface area contributed by atoms with Gasteiger partial charge in [-0.2, -0.15) is 4.98 Å². The van der Waals surface area contributed by atoms with Crippen LogP contribution >= 0.6 is 0 Å². The van der Waals surface area contributed by atoms with Gasteiger partial charge >= 0.3 is 0 Å². The Morgan fingerprint density at radius 1 is 1.17 bits per heavy atom. The second kappa shape index (κ2) is 5.49. The predicted molar refractivity (Wildman–Crippen MR) is 74.6 cm³/mol. The lowest BCUT2D eigenvalue weighted by Gasteiger charge is -2.18. The van der Waals surface area contributed by atoms with Gasteiger partial charge in [0, 0.05) is 25.4 Å². The minimum Gasteiger partial charge on any atom is -0.368 e. The Kier molecular flexibility index (Phi) is 3.77. The molecule has 0 saturated heterocycles. The number of hydrogen-bond acceptors (Lipinski definition) is 4. The average molecular weight is 242 g/mol. The Morgan fingerprint density at radius 2 is 1.89 bits per heavy atom. The molecule has 0 amide bonds. The van der Waals surface area contributed by atoms with Crippen LogP contribution in [0.25, 0.3) is 0 Å². The standard InChI is InChI=1S/C14H18N4/c1-11-10-13(17-14(15)16-11)18(2)9-8-12-6-4-3-5-7-12/h3-7,10H,8-9H2,1-2H3,(H2,15,16,17). The van der Waals surface area contributed by atoms with Gasteiger partial charge in [-0.05, 0) is 18.9 Å². The zero-order chi connectivity index (χ0) is 13.0. The monoisotopic (exact) mass is 242 g/mol. The molecule has 0 unspecified atom stereocenters. The van der Waals surface area contributed by atoms with Crippen LogP contribution < -0.4 is 10.6 Å². The lowest BCUT2D eigenvalue weighted by Crippen LogP contribution is -2.22. The van der Waals surface area contributed by atoms with Gasteiger partial charge in [0.1, 0.15) is 5.82 Å². The van der Waals surface area contributed by atoms with Crippen molar-refractivity contribution in [2.24, 2.45) is 0 Å². The van der Waals surface area contributed by atoms with Gasteiger partial charge in [-0.1, -0.05) is 30.3 Å². The maximum absolute atomic E-state index is 5.66. The number of nitrogens with zero attached hydrogens (tertiary/aromatic N) is 3. The van der Waals surface area contributed by atoms with E-state index in [2.05, 4.69) is 39.1 Å². The number of hydrogen-bond donors (Lipinski definition) is 1. The van der Waals surface area contributed by atoms with Crippen LogP contribution in [0.4, 0.5) is 11.8 Å². The first-order valence-electron chi connectivity index (χ1n) is 6.01. The molecule has 0 aliphatic carbocycles. The van der Waals surface area contributed by atoms with E-state index in [4.69, 9.17) is 5.73 Å². The fourth-order valence-corrected chi connectivity index (χ4v) is 1.83. The van der Waals surface area contributed by atoms with Gasteiger partial charge in [-0.15, -0.1) is 0 Å². The van der Waals surface area contributed by atoms with E-state index in [1.165, 1.54) is 5.56 Å². The summed E-state index contributed by atoms with van der Waals surface area (Å²) in [7, 11) is 2.02. The fourth-order valence-electron chi connectivity index (χ4n) is 1.83. The Labute approximate surface area is 107 Å². The van der Waals surface area contributed by atoms with E-state index in [-0.39, 0.29) is 0 Å². The van der Waals surface area contributed by atoms with Crippen LogP contribution in [-0.2, 0) is 6.42 Å². The maximum Gasteiger partial charge on any atom is 0.222 e. The minimum atomic E-state index is 0.330. The fraction of sp³-hybridized carbons (Fsp3) is 0.286. The molecule has 2 N–H and O–H groups in total. The molecule has 0 fully saturated rings. The zero-order valence-corrected chi connectivity index (χ0v) is 10.8. The van der Waals surface area contributed by atoms with Crippen LogP contribution in [0.5, 0.6) is 0 Å². The summed E-state index contributed by atoms with van der Waals surface area (Å²) >= 11 is 0. The lowest BCUT2D eigenvalue weighted by atomic mass is 10.1. The summed E-state index contributed by atoms with van der Waals surface area (Å²) in [6.45, 7) is 2.83. The molecule has 0 radical (unpaired) electrons. The quantitative estimate of drug-likeness (QED) is 0.891. The first kappa shape index (κ1) is 12.4. The third-order valence-corrected chi connectivity index (χ3v) is 2.83. The predicted octanol–water partition coefficient (Wildman–Crippen LogP) is 2.05. The molecule has 0 spiro atoms. The molecule has 1 aromatic heterocycles. The number of nitrogen functional groups attached to an aromatic ring is 1. The van der Waals surface area contributed by atoms with E-state index in [0.29, 0.717) is 5.95 Å². The second-order valence-electron chi connectivity index (χ2n) is 4.38. The molecule has 4 nitrogen and oxygen atoms in total. The Balaban J connectivity index is 2.01. The molecule has 2 rings (SSSR count). The van der Waals surface area contributed by atoms with E-state index in [1.54, 1.807) is 0 Å². The molecule has 94 valence electrons. The molecule has 0 saturated carbocycles. The van der Waals surface area contributed by atoms with Crippen molar-refractivity contribution in [1.82, 2.24) is 9.97 Å². The zero-order valence-electron chi connectivity index (χ0n) is 10.8. The van der Waals surface area contributed by atoms with Crippen molar-refractivity contribution < 1.29 is 0 Å². The normalized spacial score (nSPS) is 10.3. The summed E-state index contributed by atoms with van der Waals surface area (Å²) in [4.78, 5) is 10.4. The number of aromatic nitrogens is 2. The summed E-state index contributed by atoms with van der Waals surface area (Å²) in [6.07, 6.45) is 0.986. The number of aryl methyl sites for hydroxylation is 1. The summed E-state index contributed by atoms with van der Waals surface area (Å²) in [5, 5.41) is 0. The average Bonchev–Trinajstić information content (AvgIpc) is 2.36. The highest BCUT2D eigenvalue weighted by Crippen LogP contribution is 2.12. The van der Waals surface area contributed by atoms with Crippen molar-refractivity contribution in [1.29, 1.82) is 0 Å². The van der Waals surface area contributed by atoms with Crippen LogP contribution in [0.3, 0.4) is 0 Å². The van der Waals surface area contributed by atoms with Crippen molar-refractivity contribution in [3.63, 3.8) is 0 Å². The highest BCUT2D eigenvalue weighted by molar-refractivity contribution is 5.42. The van der Waals surface area contributed by atoms with Crippen molar-refractivity contribution in [3.8, 4) is 0 Å². The van der Waals surface area contributed by atoms with Gasteiger partial charge in [-0.25, -0.2) is 4.98 Å². The summed E-state index contributed by atoms with van der Waals surface area (Å²) < 4.78 is 0. The Bertz CT molecular complexity index is 490. The van der Waals surface area contributed by atoms with Crippen LogP contribution in [0.2, 0.25) is 0 Å². The van der Waals surface area contributed by atoms with Crippen LogP contribution in [0, 0.1) is 6.92 Å². The summed E-state index contributed by atoms with van der Waals surface area (Å²) in [6, 6.07) is 12.4. The van der Waals surface area contributed by atoms with E-state index in [1.807, 2.05) is 26.1 Å². The first-order valence-corrected chi connectivity index (χ1v) is 6.01. The second-order valence-corrected chi connectivity index (χ2v) is 4.38. The molecule has 1 aromatic carbocycles. The van der Waals surface area contributed by atoms with E-state index < -0.39 is 0 Å². The van der Waals surface area contributed by atoms with Crippen LogP contribution in [-0.4, -0.2) is 23.6 Å². The van der Waals surface area contributed by atoms with Gasteiger partial charge in [0.05, 0.1) is 0 Å². The smallest absolute Gasteiger partial charge is 0.222 e. The van der Waals surface area contributed by atoms with Gasteiger partial charge in [0.15, 0.2) is 0 Å². The summed E-state index contributed by atoms with van der Waals surface area (Å²) in [5.41, 5.74) is 7.87. The first-order chi connectivity index (χ1) is 8.65. The molecule has 0 atom stereocenters. The van der Waals surface area contributed by atoms with Gasteiger partial charge in [0.25, 0.3) is 0 Å². The molecular formula is C14H18N4. The van der Waals surface area contributed by atoms with Gasteiger partial charge < -0.3 is 10.6 Å². The van der Waals surface area contributed by atoms with Gasteiger partial charge in [-0.3, -0.25) is 0 Å². The van der Waals surface area contributed by atoms with E-state index in [0.717, 1.165) is 24.5 Å². The highest BCUT2D eigenvalue weighted by atomic mass is 15.2. The van der Waals surface area contributed by atoms with Gasteiger partial charge in [0.2, 0.25) is 5.95 Å². The molecule has 0 aliphatic rings. The summed E-state index contributed by atoms with van der Waals surface area (Å²) in [5.74, 6) is 1.20. The van der Waals surface area contributed by atoms with Crippen LogP contribution in [0.15, 0.2) is 36.4 Å². The van der Waals surface area contributed by atoms with Crippen molar-refractivity contribution in [3.05, 3.63) is 47.7 Å². The molecule has 18 heavy (non-hydrogen) atoms.